The molecule has 1 aliphatic rings. The number of rotatable bonds is 4. The molecule has 7 nitrogen and oxygen atoms in total. The lowest BCUT2D eigenvalue weighted by atomic mass is 10.3. The van der Waals surface area contributed by atoms with E-state index in [0.717, 1.165) is 18.2 Å². The van der Waals surface area contributed by atoms with Gasteiger partial charge in [0, 0.05) is 0 Å². The Morgan fingerprint density at radius 1 is 1.53 bits per heavy atom. The SMILES string of the molecule is NS(=O)(=O)c1ccc(OCC2CNC(=O)O2)c(F)c1. The van der Waals surface area contributed by atoms with Crippen LogP contribution in [0.2, 0.25) is 0 Å². The zero-order chi connectivity index (χ0) is 14.0. The first-order valence-electron chi connectivity index (χ1n) is 5.26. The van der Waals surface area contributed by atoms with Crippen molar-refractivity contribution >= 4 is 16.1 Å². The number of amides is 1. The Morgan fingerprint density at radius 3 is 2.79 bits per heavy atom. The molecule has 104 valence electrons. The Balaban J connectivity index is 2.03. The molecule has 2 rings (SSSR count). The van der Waals surface area contributed by atoms with Crippen LogP contribution in [0.25, 0.3) is 0 Å². The molecule has 1 aliphatic heterocycles. The summed E-state index contributed by atoms with van der Waals surface area (Å²) in [5, 5.41) is 7.28. The summed E-state index contributed by atoms with van der Waals surface area (Å²) in [7, 11) is -3.95. The standard InChI is InChI=1S/C10H11FN2O5S/c11-8-3-7(19(12,15)16)1-2-9(8)17-5-6-4-13-10(14)18-6/h1-3,6H,4-5H2,(H,13,14)(H2,12,15,16). The third-order valence-electron chi connectivity index (χ3n) is 2.40. The van der Waals surface area contributed by atoms with E-state index in [1.165, 1.54) is 0 Å². The van der Waals surface area contributed by atoms with E-state index >= 15 is 0 Å². The third kappa shape index (κ3) is 3.32. The second-order valence-electron chi connectivity index (χ2n) is 3.86. The van der Waals surface area contributed by atoms with E-state index in [0.29, 0.717) is 0 Å². The number of carbonyl (C=O) groups is 1. The lowest BCUT2D eigenvalue weighted by Gasteiger charge is -2.11. The molecule has 1 unspecified atom stereocenters. The third-order valence-corrected chi connectivity index (χ3v) is 3.32. The van der Waals surface area contributed by atoms with E-state index in [1.807, 2.05) is 0 Å². The fourth-order valence-corrected chi connectivity index (χ4v) is 2.01. The smallest absolute Gasteiger partial charge is 0.407 e. The molecular weight excluding hydrogens is 279 g/mol. The van der Waals surface area contributed by atoms with Crippen molar-refractivity contribution in [3.8, 4) is 5.75 Å². The summed E-state index contributed by atoms with van der Waals surface area (Å²) in [5.41, 5.74) is 0. The van der Waals surface area contributed by atoms with Crippen LogP contribution in [0.1, 0.15) is 0 Å². The monoisotopic (exact) mass is 290 g/mol. The zero-order valence-electron chi connectivity index (χ0n) is 9.63. The van der Waals surface area contributed by atoms with Gasteiger partial charge in [0.15, 0.2) is 17.7 Å². The second kappa shape index (κ2) is 5.02. The van der Waals surface area contributed by atoms with Gasteiger partial charge in [-0.1, -0.05) is 0 Å². The highest BCUT2D eigenvalue weighted by Gasteiger charge is 2.23. The van der Waals surface area contributed by atoms with Crippen molar-refractivity contribution in [1.82, 2.24) is 5.32 Å². The average Bonchev–Trinajstić information content (AvgIpc) is 2.72. The average molecular weight is 290 g/mol. The molecule has 1 atom stereocenters. The fourth-order valence-electron chi connectivity index (χ4n) is 1.48. The van der Waals surface area contributed by atoms with Crippen LogP contribution in [0.5, 0.6) is 5.75 Å². The Bertz CT molecular complexity index is 604. The van der Waals surface area contributed by atoms with E-state index in [9.17, 15) is 17.6 Å². The van der Waals surface area contributed by atoms with E-state index < -0.39 is 28.0 Å². The molecule has 1 aromatic carbocycles. The first-order valence-corrected chi connectivity index (χ1v) is 6.80. The topological polar surface area (TPSA) is 108 Å². The van der Waals surface area contributed by atoms with Crippen LogP contribution in [0.3, 0.4) is 0 Å². The predicted octanol–water partition coefficient (Wildman–Crippen LogP) is -0.0397. The molecule has 9 heteroatoms. The summed E-state index contributed by atoms with van der Waals surface area (Å²) >= 11 is 0. The minimum Gasteiger partial charge on any atom is -0.487 e. The molecular formula is C10H11FN2O5S. The summed E-state index contributed by atoms with van der Waals surface area (Å²) in [6.45, 7) is 0.236. The van der Waals surface area contributed by atoms with E-state index in [-0.39, 0.29) is 23.8 Å². The first kappa shape index (κ1) is 13.6. The van der Waals surface area contributed by atoms with Crippen LogP contribution in [-0.2, 0) is 14.8 Å². The number of nitrogens with one attached hydrogen (secondary N) is 1. The van der Waals surface area contributed by atoms with Crippen LogP contribution in [0.15, 0.2) is 23.1 Å². The number of nitrogens with two attached hydrogens (primary N) is 1. The van der Waals surface area contributed by atoms with Gasteiger partial charge in [0.25, 0.3) is 0 Å². The van der Waals surface area contributed by atoms with E-state index in [1.54, 1.807) is 0 Å². The summed E-state index contributed by atoms with van der Waals surface area (Å²) in [4.78, 5) is 10.4. The lowest BCUT2D eigenvalue weighted by molar-refractivity contribution is 0.103. The van der Waals surface area contributed by atoms with Crippen molar-refractivity contribution in [3.63, 3.8) is 0 Å². The summed E-state index contributed by atoms with van der Waals surface area (Å²) < 4.78 is 45.5. The highest BCUT2D eigenvalue weighted by molar-refractivity contribution is 7.89. The molecule has 19 heavy (non-hydrogen) atoms. The Labute approximate surface area is 108 Å². The first-order chi connectivity index (χ1) is 8.86. The fraction of sp³-hybridized carbons (Fsp3) is 0.300. The van der Waals surface area contributed by atoms with Crippen LogP contribution in [0, 0.1) is 5.82 Å². The van der Waals surface area contributed by atoms with Gasteiger partial charge < -0.3 is 14.8 Å². The van der Waals surface area contributed by atoms with Crippen molar-refractivity contribution in [2.75, 3.05) is 13.2 Å². The highest BCUT2D eigenvalue weighted by atomic mass is 32.2. The van der Waals surface area contributed by atoms with Gasteiger partial charge in [0.05, 0.1) is 11.4 Å². The predicted molar refractivity (Wildman–Crippen MR) is 61.5 cm³/mol. The molecule has 0 aromatic heterocycles. The summed E-state index contributed by atoms with van der Waals surface area (Å²) in [6.07, 6.45) is -1.07. The summed E-state index contributed by atoms with van der Waals surface area (Å²) in [6, 6.07) is 3.05. The maximum atomic E-state index is 13.6. The molecule has 1 aromatic rings. The summed E-state index contributed by atoms with van der Waals surface area (Å²) in [5.74, 6) is -1.00. The van der Waals surface area contributed by atoms with Crippen LogP contribution in [0.4, 0.5) is 9.18 Å². The Morgan fingerprint density at radius 2 is 2.26 bits per heavy atom. The number of sulfonamides is 1. The van der Waals surface area contributed by atoms with Gasteiger partial charge in [-0.25, -0.2) is 22.7 Å². The van der Waals surface area contributed by atoms with Crippen molar-refractivity contribution in [3.05, 3.63) is 24.0 Å². The molecule has 0 bridgehead atoms. The maximum absolute atomic E-state index is 13.6. The van der Waals surface area contributed by atoms with Gasteiger partial charge in [0.2, 0.25) is 10.0 Å². The molecule has 1 amide bonds. The number of cyclic esters (lactones) is 1. The lowest BCUT2D eigenvalue weighted by Crippen LogP contribution is -2.22. The number of ether oxygens (including phenoxy) is 2. The van der Waals surface area contributed by atoms with Gasteiger partial charge in [-0.3, -0.25) is 0 Å². The quantitative estimate of drug-likeness (QED) is 0.809. The van der Waals surface area contributed by atoms with Gasteiger partial charge in [0.1, 0.15) is 6.61 Å². The zero-order valence-corrected chi connectivity index (χ0v) is 10.4. The molecule has 0 spiro atoms. The number of hydrogen-bond acceptors (Lipinski definition) is 5. The van der Waals surface area contributed by atoms with E-state index in [2.05, 4.69) is 5.32 Å². The van der Waals surface area contributed by atoms with Crippen molar-refractivity contribution in [2.45, 2.75) is 11.0 Å². The molecule has 3 N–H and O–H groups in total. The largest absolute Gasteiger partial charge is 0.487 e. The minimum atomic E-state index is -3.95. The van der Waals surface area contributed by atoms with Crippen molar-refractivity contribution < 1.29 is 27.1 Å². The second-order valence-corrected chi connectivity index (χ2v) is 5.42. The normalized spacial score (nSPS) is 18.8. The molecule has 0 radical (unpaired) electrons. The molecule has 0 saturated carbocycles. The number of alkyl carbamates (subject to hydrolysis) is 1. The van der Waals surface area contributed by atoms with Crippen LogP contribution < -0.4 is 15.2 Å². The Kier molecular flexibility index (Phi) is 3.58. The van der Waals surface area contributed by atoms with E-state index in [4.69, 9.17) is 14.6 Å². The van der Waals surface area contributed by atoms with Gasteiger partial charge in [-0.2, -0.15) is 0 Å². The van der Waals surface area contributed by atoms with Crippen LogP contribution >= 0.6 is 0 Å². The van der Waals surface area contributed by atoms with Crippen LogP contribution in [-0.4, -0.2) is 33.8 Å². The number of halogens is 1. The van der Waals surface area contributed by atoms with Gasteiger partial charge in [-0.05, 0) is 18.2 Å². The van der Waals surface area contributed by atoms with Crippen molar-refractivity contribution in [1.29, 1.82) is 0 Å². The van der Waals surface area contributed by atoms with Crippen molar-refractivity contribution in [2.24, 2.45) is 5.14 Å². The number of primary sulfonamides is 1. The highest BCUT2D eigenvalue weighted by Crippen LogP contribution is 2.20. The number of carbonyl (C=O) groups excluding carboxylic acids is 1. The van der Waals surface area contributed by atoms with Gasteiger partial charge >= 0.3 is 6.09 Å². The molecule has 0 aliphatic carbocycles. The minimum absolute atomic E-state index is 0.0373. The maximum Gasteiger partial charge on any atom is 0.407 e. The molecule has 1 saturated heterocycles. The Hall–Kier alpha value is -1.87. The number of hydrogen-bond donors (Lipinski definition) is 2. The van der Waals surface area contributed by atoms with Gasteiger partial charge in [-0.15, -0.1) is 0 Å². The molecule has 1 fully saturated rings. The number of benzene rings is 1. The molecule has 1 heterocycles.